The molecule has 1 aliphatic carbocycles. The van der Waals surface area contributed by atoms with Gasteiger partial charge in [-0.2, -0.15) is 9.78 Å². The van der Waals surface area contributed by atoms with E-state index >= 15 is 0 Å². The van der Waals surface area contributed by atoms with Gasteiger partial charge in [0.2, 0.25) is 0 Å². The number of anilines is 1. The van der Waals surface area contributed by atoms with E-state index in [0.717, 1.165) is 29.6 Å². The van der Waals surface area contributed by atoms with Gasteiger partial charge < -0.3 is 5.32 Å². The van der Waals surface area contributed by atoms with Crippen LogP contribution in [0.15, 0.2) is 48.8 Å². The van der Waals surface area contributed by atoms with Gasteiger partial charge in [0.25, 0.3) is 5.91 Å². The Morgan fingerprint density at radius 3 is 2.76 bits per heavy atom. The molecule has 0 spiro atoms. The van der Waals surface area contributed by atoms with E-state index in [0.29, 0.717) is 33.8 Å². The first-order valence-corrected chi connectivity index (χ1v) is 9.72. The molecule has 0 radical (unpaired) electrons. The quantitative estimate of drug-likeness (QED) is 0.512. The van der Waals surface area contributed by atoms with Crippen LogP contribution in [0.1, 0.15) is 40.5 Å². The van der Waals surface area contributed by atoms with E-state index in [-0.39, 0.29) is 5.91 Å². The smallest absolute Gasteiger partial charge is 0.256 e. The highest BCUT2D eigenvalue weighted by atomic mass is 35.5. The summed E-state index contributed by atoms with van der Waals surface area (Å²) < 4.78 is 1.71. The van der Waals surface area contributed by atoms with E-state index in [1.807, 2.05) is 31.2 Å². The van der Waals surface area contributed by atoms with E-state index in [2.05, 4.69) is 20.4 Å². The summed E-state index contributed by atoms with van der Waals surface area (Å²) in [4.78, 5) is 26.4. The van der Waals surface area contributed by atoms with Crippen LogP contribution in [0.2, 0.25) is 5.15 Å². The van der Waals surface area contributed by atoms with Gasteiger partial charge in [-0.25, -0.2) is 15.0 Å². The molecule has 4 heterocycles. The number of aryl methyl sites for hydroxylation is 1. The van der Waals surface area contributed by atoms with Crippen LogP contribution in [-0.4, -0.2) is 30.6 Å². The lowest BCUT2D eigenvalue weighted by Gasteiger charge is -2.09. The van der Waals surface area contributed by atoms with Crippen molar-refractivity contribution < 1.29 is 4.79 Å². The van der Waals surface area contributed by atoms with Crippen LogP contribution in [0.3, 0.4) is 0 Å². The largest absolute Gasteiger partial charge is 0.321 e. The van der Waals surface area contributed by atoms with Crippen LogP contribution < -0.4 is 5.32 Å². The van der Waals surface area contributed by atoms with Crippen molar-refractivity contribution in [2.75, 3.05) is 5.32 Å². The minimum Gasteiger partial charge on any atom is -0.321 e. The van der Waals surface area contributed by atoms with Crippen molar-refractivity contribution in [3.05, 3.63) is 70.9 Å². The molecule has 1 fully saturated rings. The molecule has 0 aliphatic heterocycles. The van der Waals surface area contributed by atoms with E-state index in [9.17, 15) is 4.79 Å². The first-order chi connectivity index (χ1) is 14.1. The number of hydrogen-bond donors (Lipinski definition) is 1. The van der Waals surface area contributed by atoms with Crippen molar-refractivity contribution in [1.29, 1.82) is 0 Å². The molecule has 0 bridgehead atoms. The number of hydrogen-bond acceptors (Lipinski definition) is 5. The van der Waals surface area contributed by atoms with Gasteiger partial charge in [-0.15, -0.1) is 0 Å². The summed E-state index contributed by atoms with van der Waals surface area (Å²) in [7, 11) is 0. The zero-order valence-electron chi connectivity index (χ0n) is 15.6. The third kappa shape index (κ3) is 3.34. The van der Waals surface area contributed by atoms with E-state index in [1.54, 1.807) is 23.0 Å². The third-order valence-electron chi connectivity index (χ3n) is 4.92. The first kappa shape index (κ1) is 17.8. The summed E-state index contributed by atoms with van der Waals surface area (Å²) in [6, 6.07) is 10.9. The molecule has 29 heavy (non-hydrogen) atoms. The maximum absolute atomic E-state index is 13.2. The SMILES string of the molecule is Cc1nn(-c2ccccn2)c2nc(C3CC3)cc(C(=O)Nc3ccc(Cl)nc3)c12. The second-order valence-corrected chi connectivity index (χ2v) is 7.46. The van der Waals surface area contributed by atoms with Crippen molar-refractivity contribution >= 4 is 34.2 Å². The van der Waals surface area contributed by atoms with E-state index < -0.39 is 0 Å². The Hall–Kier alpha value is -3.32. The summed E-state index contributed by atoms with van der Waals surface area (Å²) in [5, 5.41) is 8.62. The number of rotatable bonds is 4. The molecular formula is C21H17ClN6O. The van der Waals surface area contributed by atoms with Gasteiger partial charge in [-0.05, 0) is 50.1 Å². The van der Waals surface area contributed by atoms with Gasteiger partial charge in [-0.1, -0.05) is 17.7 Å². The number of aromatic nitrogens is 5. The molecule has 1 aliphatic rings. The fourth-order valence-corrected chi connectivity index (χ4v) is 3.47. The summed E-state index contributed by atoms with van der Waals surface area (Å²) >= 11 is 5.84. The normalized spacial score (nSPS) is 13.6. The van der Waals surface area contributed by atoms with Crippen LogP contribution in [-0.2, 0) is 0 Å². The van der Waals surface area contributed by atoms with Crippen molar-refractivity contribution in [2.45, 2.75) is 25.7 Å². The van der Waals surface area contributed by atoms with Crippen molar-refractivity contribution in [2.24, 2.45) is 0 Å². The monoisotopic (exact) mass is 404 g/mol. The molecule has 1 N–H and O–H groups in total. The van der Waals surface area contributed by atoms with Gasteiger partial charge in [0.1, 0.15) is 5.15 Å². The van der Waals surface area contributed by atoms with Crippen LogP contribution in [0.4, 0.5) is 5.69 Å². The van der Waals surface area contributed by atoms with Gasteiger partial charge in [0, 0.05) is 17.8 Å². The second kappa shape index (κ2) is 6.93. The standard InChI is InChI=1S/C21H17ClN6O/c1-12-19-15(21(29)25-14-7-8-17(22)24-11-14)10-16(13-5-6-13)26-20(19)28(27-12)18-4-2-3-9-23-18/h2-4,7-11,13H,5-6H2,1H3,(H,25,29). The minimum absolute atomic E-state index is 0.230. The zero-order valence-corrected chi connectivity index (χ0v) is 16.4. The molecule has 4 aromatic heterocycles. The predicted octanol–water partition coefficient (Wildman–Crippen LogP) is 4.30. The molecule has 0 atom stereocenters. The Kier molecular flexibility index (Phi) is 4.24. The highest BCUT2D eigenvalue weighted by Crippen LogP contribution is 2.40. The first-order valence-electron chi connectivity index (χ1n) is 9.35. The van der Waals surface area contributed by atoms with E-state index in [4.69, 9.17) is 16.6 Å². The van der Waals surface area contributed by atoms with Crippen LogP contribution in [0.5, 0.6) is 0 Å². The minimum atomic E-state index is -0.230. The molecule has 5 rings (SSSR count). The maximum atomic E-state index is 13.2. The Bertz CT molecular complexity index is 1220. The molecule has 4 aromatic rings. The number of amides is 1. The number of pyridine rings is 3. The Morgan fingerprint density at radius 1 is 1.21 bits per heavy atom. The van der Waals surface area contributed by atoms with Crippen molar-refractivity contribution in [3.63, 3.8) is 0 Å². The molecule has 1 amide bonds. The highest BCUT2D eigenvalue weighted by Gasteiger charge is 2.29. The summed E-state index contributed by atoms with van der Waals surface area (Å²) in [5.41, 5.74) is 3.40. The Balaban J connectivity index is 1.65. The number of halogens is 1. The molecular weight excluding hydrogens is 388 g/mol. The lowest BCUT2D eigenvalue weighted by molar-refractivity contribution is 0.102. The highest BCUT2D eigenvalue weighted by molar-refractivity contribution is 6.29. The lowest BCUT2D eigenvalue weighted by Crippen LogP contribution is -2.14. The summed E-state index contributed by atoms with van der Waals surface area (Å²) in [6.07, 6.45) is 5.41. The Labute approximate surface area is 171 Å². The fraction of sp³-hybridized carbons (Fsp3) is 0.190. The molecule has 0 saturated heterocycles. The lowest BCUT2D eigenvalue weighted by atomic mass is 10.1. The summed E-state index contributed by atoms with van der Waals surface area (Å²) in [6.45, 7) is 1.88. The third-order valence-corrected chi connectivity index (χ3v) is 5.15. The van der Waals surface area contributed by atoms with Crippen LogP contribution >= 0.6 is 11.6 Å². The van der Waals surface area contributed by atoms with Gasteiger partial charge >= 0.3 is 0 Å². The number of nitrogens with one attached hydrogen (secondary N) is 1. The van der Waals surface area contributed by atoms with E-state index in [1.165, 1.54) is 6.20 Å². The van der Waals surface area contributed by atoms with Crippen LogP contribution in [0.25, 0.3) is 16.9 Å². The molecule has 8 heteroatoms. The molecule has 0 unspecified atom stereocenters. The zero-order chi connectivity index (χ0) is 20.0. The topological polar surface area (TPSA) is 85.6 Å². The average Bonchev–Trinajstić information content (AvgIpc) is 3.54. The molecule has 1 saturated carbocycles. The van der Waals surface area contributed by atoms with Gasteiger partial charge in [0.15, 0.2) is 11.5 Å². The molecule has 0 aromatic carbocycles. The number of fused-ring (bicyclic) bond motifs is 1. The van der Waals surface area contributed by atoms with Gasteiger partial charge in [0.05, 0.1) is 28.5 Å². The average molecular weight is 405 g/mol. The Morgan fingerprint density at radius 2 is 2.07 bits per heavy atom. The van der Waals surface area contributed by atoms with Crippen molar-refractivity contribution in [3.8, 4) is 5.82 Å². The predicted molar refractivity (Wildman–Crippen MR) is 111 cm³/mol. The second-order valence-electron chi connectivity index (χ2n) is 7.08. The molecule has 7 nitrogen and oxygen atoms in total. The number of nitrogens with zero attached hydrogens (tertiary/aromatic N) is 5. The van der Waals surface area contributed by atoms with Crippen LogP contribution in [0, 0.1) is 6.92 Å². The maximum Gasteiger partial charge on any atom is 0.256 e. The van der Waals surface area contributed by atoms with Crippen molar-refractivity contribution in [1.82, 2.24) is 24.7 Å². The summed E-state index contributed by atoms with van der Waals surface area (Å²) in [5.74, 6) is 0.821. The number of carbonyl (C=O) groups excluding carboxylic acids is 1. The fourth-order valence-electron chi connectivity index (χ4n) is 3.36. The van der Waals surface area contributed by atoms with Gasteiger partial charge in [-0.3, -0.25) is 4.79 Å². The number of carbonyl (C=O) groups is 1. The molecule has 144 valence electrons.